The quantitative estimate of drug-likeness (QED) is 0.170. The summed E-state index contributed by atoms with van der Waals surface area (Å²) in [6, 6.07) is -0.135. The van der Waals surface area contributed by atoms with E-state index in [1.807, 2.05) is 27.7 Å². The Hall–Kier alpha value is -0.610. The lowest BCUT2D eigenvalue weighted by molar-refractivity contribution is -0.232. The zero-order valence-electron chi connectivity index (χ0n) is 19.0. The van der Waals surface area contributed by atoms with Gasteiger partial charge in [-0.3, -0.25) is 9.63 Å². The van der Waals surface area contributed by atoms with Gasteiger partial charge in [0.1, 0.15) is 0 Å². The maximum atomic E-state index is 11.3. The largest absolute Gasteiger partial charge is 0.326 e. The number of rotatable bonds is 18. The third kappa shape index (κ3) is 16.1. The van der Waals surface area contributed by atoms with Crippen LogP contribution < -0.4 is 5.73 Å². The van der Waals surface area contributed by atoms with Crippen molar-refractivity contribution in [2.45, 2.75) is 142 Å². The molecule has 0 aliphatic rings. The molecule has 0 saturated heterocycles. The number of hydrogen-bond donors (Lipinski definition) is 1. The molecule has 4 nitrogen and oxygen atoms in total. The van der Waals surface area contributed by atoms with Gasteiger partial charge < -0.3 is 5.73 Å². The van der Waals surface area contributed by atoms with Crippen LogP contribution in [0.25, 0.3) is 0 Å². The van der Waals surface area contributed by atoms with Crippen molar-refractivity contribution in [3.63, 3.8) is 0 Å². The Kier molecular flexibility index (Phi) is 16.0. The first-order chi connectivity index (χ1) is 12.8. The summed E-state index contributed by atoms with van der Waals surface area (Å²) in [6.07, 6.45) is 19.3. The van der Waals surface area contributed by atoms with E-state index in [4.69, 9.17) is 10.6 Å². The first-order valence-corrected chi connectivity index (χ1v) is 11.5. The van der Waals surface area contributed by atoms with Gasteiger partial charge in [0.15, 0.2) is 0 Å². The Bertz CT molecular complexity index is 342. The number of nitrogens with two attached hydrogens (primary N) is 1. The fourth-order valence-corrected chi connectivity index (χ4v) is 3.34. The minimum absolute atomic E-state index is 0.0368. The van der Waals surface area contributed by atoms with E-state index in [2.05, 4.69) is 6.92 Å². The summed E-state index contributed by atoms with van der Waals surface area (Å²) in [5.41, 5.74) is 5.89. The second-order valence-corrected chi connectivity index (χ2v) is 9.10. The number of hydroxylamine groups is 2. The van der Waals surface area contributed by atoms with Crippen molar-refractivity contribution in [3.8, 4) is 0 Å². The van der Waals surface area contributed by atoms with Gasteiger partial charge in [-0.2, -0.15) is 0 Å². The van der Waals surface area contributed by atoms with Crippen LogP contribution in [0, 0.1) is 0 Å². The average molecular weight is 385 g/mol. The van der Waals surface area contributed by atoms with Gasteiger partial charge in [0.25, 0.3) is 0 Å². The topological polar surface area (TPSA) is 55.6 Å². The highest BCUT2D eigenvalue weighted by molar-refractivity contribution is 5.46. The summed E-state index contributed by atoms with van der Waals surface area (Å²) in [7, 11) is 0. The minimum Gasteiger partial charge on any atom is -0.326 e. The lowest BCUT2D eigenvalue weighted by Gasteiger charge is -2.33. The van der Waals surface area contributed by atoms with Gasteiger partial charge in [-0.25, -0.2) is 5.06 Å². The molecule has 2 atom stereocenters. The van der Waals surface area contributed by atoms with Crippen molar-refractivity contribution >= 4 is 6.41 Å². The van der Waals surface area contributed by atoms with Crippen molar-refractivity contribution in [1.29, 1.82) is 0 Å². The van der Waals surface area contributed by atoms with Crippen LogP contribution in [0.3, 0.4) is 0 Å². The third-order valence-electron chi connectivity index (χ3n) is 5.15. The molecule has 0 radical (unpaired) electrons. The molecule has 0 aromatic heterocycles. The number of hydrogen-bond acceptors (Lipinski definition) is 3. The molecule has 27 heavy (non-hydrogen) atoms. The normalized spacial score (nSPS) is 14.1. The van der Waals surface area contributed by atoms with E-state index in [0.29, 0.717) is 0 Å². The van der Waals surface area contributed by atoms with Gasteiger partial charge >= 0.3 is 0 Å². The molecular weight excluding hydrogens is 336 g/mol. The first kappa shape index (κ1) is 26.4. The van der Waals surface area contributed by atoms with Gasteiger partial charge in [-0.1, -0.05) is 90.4 Å². The van der Waals surface area contributed by atoms with Gasteiger partial charge in [0.2, 0.25) is 6.41 Å². The first-order valence-electron chi connectivity index (χ1n) is 11.5. The monoisotopic (exact) mass is 384 g/mol. The van der Waals surface area contributed by atoms with E-state index in [0.717, 1.165) is 19.3 Å². The van der Waals surface area contributed by atoms with Crippen LogP contribution >= 0.6 is 0 Å². The maximum absolute atomic E-state index is 11.3. The molecule has 0 rings (SSSR count). The Morgan fingerprint density at radius 3 is 1.63 bits per heavy atom. The number of carbonyl (C=O) groups is 1. The van der Waals surface area contributed by atoms with Crippen molar-refractivity contribution in [2.24, 2.45) is 5.73 Å². The van der Waals surface area contributed by atoms with Crippen molar-refractivity contribution < 1.29 is 9.63 Å². The molecule has 2 N–H and O–H groups in total. The molecule has 162 valence electrons. The van der Waals surface area contributed by atoms with Gasteiger partial charge in [-0.05, 0) is 34.1 Å². The molecule has 0 spiro atoms. The molecule has 0 heterocycles. The van der Waals surface area contributed by atoms with Gasteiger partial charge in [-0.15, -0.1) is 0 Å². The third-order valence-corrected chi connectivity index (χ3v) is 5.15. The maximum Gasteiger partial charge on any atom is 0.233 e. The molecule has 0 saturated carbocycles. The van der Waals surface area contributed by atoms with E-state index in [9.17, 15) is 4.79 Å². The summed E-state index contributed by atoms with van der Waals surface area (Å²) in [4.78, 5) is 16.9. The van der Waals surface area contributed by atoms with Crippen molar-refractivity contribution in [3.05, 3.63) is 0 Å². The van der Waals surface area contributed by atoms with Crippen molar-refractivity contribution in [1.82, 2.24) is 5.06 Å². The van der Waals surface area contributed by atoms with Crippen LogP contribution in [0.5, 0.6) is 0 Å². The second-order valence-electron chi connectivity index (χ2n) is 9.10. The van der Waals surface area contributed by atoms with Crippen LogP contribution in [-0.4, -0.2) is 29.2 Å². The van der Waals surface area contributed by atoms with Crippen molar-refractivity contribution in [2.75, 3.05) is 0 Å². The van der Waals surface area contributed by atoms with E-state index in [1.54, 1.807) is 0 Å². The Balaban J connectivity index is 3.59. The van der Waals surface area contributed by atoms with E-state index in [1.165, 1.54) is 82.1 Å². The number of amides is 1. The van der Waals surface area contributed by atoms with E-state index < -0.39 is 0 Å². The summed E-state index contributed by atoms with van der Waals surface area (Å²) < 4.78 is 0. The van der Waals surface area contributed by atoms with Gasteiger partial charge in [0.05, 0.1) is 11.6 Å². The zero-order valence-corrected chi connectivity index (χ0v) is 19.0. The SMILES string of the molecule is CCCCCCCCCCCCCCC[C@H](N)[C@H](C)N(C=O)OC(C)(C)C. The fraction of sp³-hybridized carbons (Fsp3) is 0.957. The smallest absolute Gasteiger partial charge is 0.233 e. The van der Waals surface area contributed by atoms with E-state index in [-0.39, 0.29) is 17.7 Å². The van der Waals surface area contributed by atoms with E-state index >= 15 is 0 Å². The number of carbonyl (C=O) groups excluding carboxylic acids is 1. The van der Waals surface area contributed by atoms with Crippen LogP contribution in [0.4, 0.5) is 0 Å². The van der Waals surface area contributed by atoms with Crippen LogP contribution in [0.2, 0.25) is 0 Å². The zero-order chi connectivity index (χ0) is 20.5. The standard InChI is InChI=1S/C23H48N2O2/c1-6-7-8-9-10-11-12-13-14-15-16-17-18-19-22(24)21(2)25(20-26)27-23(3,4)5/h20-22H,6-19,24H2,1-5H3/t21-,22-/m0/s1. The Morgan fingerprint density at radius 2 is 1.26 bits per heavy atom. The fourth-order valence-electron chi connectivity index (χ4n) is 3.34. The molecule has 0 aliphatic carbocycles. The lowest BCUT2D eigenvalue weighted by Crippen LogP contribution is -2.48. The number of unbranched alkanes of at least 4 members (excludes halogenated alkanes) is 12. The predicted molar refractivity (Wildman–Crippen MR) is 116 cm³/mol. The molecule has 1 amide bonds. The molecule has 0 fully saturated rings. The molecule has 0 aromatic carbocycles. The summed E-state index contributed by atoms with van der Waals surface area (Å²) >= 11 is 0. The van der Waals surface area contributed by atoms with Crippen LogP contribution in [0.15, 0.2) is 0 Å². The van der Waals surface area contributed by atoms with Gasteiger partial charge in [0, 0.05) is 6.04 Å². The highest BCUT2D eigenvalue weighted by Gasteiger charge is 2.24. The summed E-state index contributed by atoms with van der Waals surface area (Å²) in [5, 5.41) is 1.38. The minimum atomic E-state index is -0.385. The lowest BCUT2D eigenvalue weighted by atomic mass is 10.0. The molecule has 0 aliphatic heterocycles. The second kappa shape index (κ2) is 16.4. The average Bonchev–Trinajstić information content (AvgIpc) is 2.62. The number of nitrogens with zero attached hydrogens (tertiary/aromatic N) is 1. The Morgan fingerprint density at radius 1 is 0.852 bits per heavy atom. The Labute approximate surface area is 169 Å². The highest BCUT2D eigenvalue weighted by atomic mass is 16.7. The molecule has 0 aromatic rings. The molecule has 4 heteroatoms. The van der Waals surface area contributed by atoms with Crippen LogP contribution in [0.1, 0.15) is 125 Å². The molecule has 0 unspecified atom stereocenters. The predicted octanol–water partition coefficient (Wildman–Crippen LogP) is 6.37. The molecule has 0 bridgehead atoms. The summed E-state index contributed by atoms with van der Waals surface area (Å²) in [6.45, 7) is 10.1. The summed E-state index contributed by atoms with van der Waals surface area (Å²) in [5.74, 6) is 0. The molecular formula is C23H48N2O2. The highest BCUT2D eigenvalue weighted by Crippen LogP contribution is 2.16. The van der Waals surface area contributed by atoms with Crippen LogP contribution in [-0.2, 0) is 9.63 Å².